The molecule has 0 radical (unpaired) electrons. The molecule has 4 heteroatoms. The molecule has 2 heterocycles. The quantitative estimate of drug-likeness (QED) is 0.745. The summed E-state index contributed by atoms with van der Waals surface area (Å²) < 4.78 is 0.250. The molecular formula is C10H18N2OS. The van der Waals surface area contributed by atoms with Crippen molar-refractivity contribution in [2.45, 2.75) is 44.0 Å². The first-order valence-corrected chi connectivity index (χ1v) is 6.22. The fraction of sp³-hybridized carbons (Fsp3) is 0.900. The minimum absolute atomic E-state index is 0.0661. The van der Waals surface area contributed by atoms with E-state index in [9.17, 15) is 4.79 Å². The monoisotopic (exact) mass is 214 g/mol. The van der Waals surface area contributed by atoms with E-state index >= 15 is 0 Å². The molecule has 0 aromatic carbocycles. The van der Waals surface area contributed by atoms with Gasteiger partial charge >= 0.3 is 0 Å². The predicted molar refractivity (Wildman–Crippen MR) is 59.3 cm³/mol. The van der Waals surface area contributed by atoms with Gasteiger partial charge in [0.2, 0.25) is 5.91 Å². The molecule has 0 aromatic rings. The van der Waals surface area contributed by atoms with Gasteiger partial charge in [0.1, 0.15) is 0 Å². The summed E-state index contributed by atoms with van der Waals surface area (Å²) in [5, 5.41) is 3.26. The van der Waals surface area contributed by atoms with Crippen LogP contribution in [-0.2, 0) is 4.79 Å². The molecule has 3 nitrogen and oxygen atoms in total. The third-order valence-electron chi connectivity index (χ3n) is 3.29. The molecule has 2 atom stereocenters. The molecular weight excluding hydrogens is 196 g/mol. The SMILES string of the molecule is CCC1NCN(C2CSC2(C)C)C1=O. The predicted octanol–water partition coefficient (Wildman–Crippen LogP) is 1.05. The van der Waals surface area contributed by atoms with Crippen LogP contribution >= 0.6 is 11.8 Å². The third-order valence-corrected chi connectivity index (χ3v) is 4.79. The third kappa shape index (κ3) is 1.44. The highest BCUT2D eigenvalue weighted by Gasteiger charge is 2.47. The largest absolute Gasteiger partial charge is 0.323 e. The molecule has 2 fully saturated rings. The van der Waals surface area contributed by atoms with Crippen molar-refractivity contribution in [3.05, 3.63) is 0 Å². The summed E-state index contributed by atoms with van der Waals surface area (Å²) in [4.78, 5) is 13.9. The summed E-state index contributed by atoms with van der Waals surface area (Å²) in [6.45, 7) is 7.24. The van der Waals surface area contributed by atoms with Crippen LogP contribution in [-0.4, -0.2) is 40.1 Å². The van der Waals surface area contributed by atoms with Gasteiger partial charge in [0.25, 0.3) is 0 Å². The molecule has 0 spiro atoms. The molecule has 0 saturated carbocycles. The number of carbonyl (C=O) groups excluding carboxylic acids is 1. The maximum atomic E-state index is 11.9. The maximum absolute atomic E-state index is 11.9. The molecule has 0 aliphatic carbocycles. The van der Waals surface area contributed by atoms with Gasteiger partial charge in [-0.1, -0.05) is 6.92 Å². The van der Waals surface area contributed by atoms with E-state index in [4.69, 9.17) is 0 Å². The molecule has 2 saturated heterocycles. The van der Waals surface area contributed by atoms with E-state index in [0.29, 0.717) is 11.9 Å². The normalized spacial score (nSPS) is 35.9. The first-order valence-electron chi connectivity index (χ1n) is 5.24. The average molecular weight is 214 g/mol. The van der Waals surface area contributed by atoms with Gasteiger partial charge in [-0.05, 0) is 20.3 Å². The Morgan fingerprint density at radius 2 is 2.36 bits per heavy atom. The van der Waals surface area contributed by atoms with Crippen molar-refractivity contribution in [1.82, 2.24) is 10.2 Å². The lowest BCUT2D eigenvalue weighted by molar-refractivity contribution is -0.131. The minimum atomic E-state index is 0.0661. The molecule has 2 aliphatic heterocycles. The van der Waals surface area contributed by atoms with E-state index in [1.54, 1.807) is 0 Å². The van der Waals surface area contributed by atoms with E-state index in [2.05, 4.69) is 26.1 Å². The van der Waals surface area contributed by atoms with Gasteiger partial charge in [0.15, 0.2) is 0 Å². The highest BCUT2D eigenvalue weighted by Crippen LogP contribution is 2.43. The van der Waals surface area contributed by atoms with Crippen LogP contribution in [0, 0.1) is 0 Å². The van der Waals surface area contributed by atoms with Gasteiger partial charge in [0, 0.05) is 10.5 Å². The Labute approximate surface area is 89.6 Å². The van der Waals surface area contributed by atoms with E-state index in [0.717, 1.165) is 18.8 Å². The lowest BCUT2D eigenvalue weighted by Gasteiger charge is -2.48. The van der Waals surface area contributed by atoms with E-state index in [-0.39, 0.29) is 10.8 Å². The second-order valence-electron chi connectivity index (χ2n) is 4.56. The Bertz CT molecular complexity index is 255. The summed E-state index contributed by atoms with van der Waals surface area (Å²) >= 11 is 1.95. The number of rotatable bonds is 2. The van der Waals surface area contributed by atoms with Gasteiger partial charge in [0.05, 0.1) is 18.8 Å². The van der Waals surface area contributed by atoms with Crippen molar-refractivity contribution in [1.29, 1.82) is 0 Å². The Morgan fingerprint density at radius 1 is 1.64 bits per heavy atom. The van der Waals surface area contributed by atoms with Crippen LogP contribution in [0.25, 0.3) is 0 Å². The van der Waals surface area contributed by atoms with Gasteiger partial charge in [-0.2, -0.15) is 11.8 Å². The molecule has 2 unspecified atom stereocenters. The minimum Gasteiger partial charge on any atom is -0.323 e. The lowest BCUT2D eigenvalue weighted by Crippen LogP contribution is -2.57. The molecule has 14 heavy (non-hydrogen) atoms. The summed E-state index contributed by atoms with van der Waals surface area (Å²) in [6, 6.07) is 0.500. The van der Waals surface area contributed by atoms with E-state index in [1.807, 2.05) is 16.7 Å². The van der Waals surface area contributed by atoms with E-state index in [1.165, 1.54) is 0 Å². The van der Waals surface area contributed by atoms with Crippen molar-refractivity contribution >= 4 is 17.7 Å². The fourth-order valence-corrected chi connectivity index (χ4v) is 3.40. The van der Waals surface area contributed by atoms with Crippen molar-refractivity contribution < 1.29 is 4.79 Å². The van der Waals surface area contributed by atoms with Crippen LogP contribution in [0.2, 0.25) is 0 Å². The maximum Gasteiger partial charge on any atom is 0.241 e. The van der Waals surface area contributed by atoms with Crippen LogP contribution < -0.4 is 5.32 Å². The lowest BCUT2D eigenvalue weighted by atomic mass is 10.0. The molecule has 2 rings (SSSR count). The van der Waals surface area contributed by atoms with Crippen molar-refractivity contribution in [3.63, 3.8) is 0 Å². The number of hydrogen-bond acceptors (Lipinski definition) is 3. The fourth-order valence-electron chi connectivity index (χ4n) is 2.11. The van der Waals surface area contributed by atoms with Gasteiger partial charge in [-0.25, -0.2) is 0 Å². The second-order valence-corrected chi connectivity index (χ2v) is 6.24. The van der Waals surface area contributed by atoms with Gasteiger partial charge < -0.3 is 4.90 Å². The summed E-state index contributed by atoms with van der Waals surface area (Å²) in [5.74, 6) is 1.39. The van der Waals surface area contributed by atoms with Crippen LogP contribution in [0.15, 0.2) is 0 Å². The Hall–Kier alpha value is -0.220. The number of amides is 1. The average Bonchev–Trinajstić information content (AvgIpc) is 2.47. The standard InChI is InChI=1S/C10H18N2OS/c1-4-7-9(13)12(6-11-7)8-5-14-10(8,2)3/h7-8,11H,4-6H2,1-3H3. The summed E-state index contributed by atoms with van der Waals surface area (Å²) in [6.07, 6.45) is 0.898. The molecule has 2 aliphatic rings. The topological polar surface area (TPSA) is 32.3 Å². The summed E-state index contributed by atoms with van der Waals surface area (Å²) in [5.41, 5.74) is 0. The number of nitrogens with zero attached hydrogens (tertiary/aromatic N) is 1. The summed E-state index contributed by atoms with van der Waals surface area (Å²) in [7, 11) is 0. The zero-order valence-corrected chi connectivity index (χ0v) is 9.86. The van der Waals surface area contributed by atoms with Crippen LogP contribution in [0.4, 0.5) is 0 Å². The first kappa shape index (κ1) is 10.3. The zero-order valence-electron chi connectivity index (χ0n) is 9.04. The Morgan fingerprint density at radius 3 is 2.71 bits per heavy atom. The van der Waals surface area contributed by atoms with Crippen molar-refractivity contribution in [2.24, 2.45) is 0 Å². The van der Waals surface area contributed by atoms with Crippen LogP contribution in [0.5, 0.6) is 0 Å². The number of hydrogen-bond donors (Lipinski definition) is 1. The van der Waals surface area contributed by atoms with Gasteiger partial charge in [-0.3, -0.25) is 10.1 Å². The van der Waals surface area contributed by atoms with Crippen LogP contribution in [0.3, 0.4) is 0 Å². The molecule has 1 N–H and O–H groups in total. The highest BCUT2D eigenvalue weighted by atomic mass is 32.2. The molecule has 0 aromatic heterocycles. The Kier molecular flexibility index (Phi) is 2.52. The number of nitrogens with one attached hydrogen (secondary N) is 1. The van der Waals surface area contributed by atoms with Crippen LogP contribution in [0.1, 0.15) is 27.2 Å². The second kappa shape index (κ2) is 3.42. The molecule has 1 amide bonds. The van der Waals surface area contributed by atoms with Crippen molar-refractivity contribution in [3.8, 4) is 0 Å². The number of carbonyl (C=O) groups is 1. The van der Waals surface area contributed by atoms with E-state index < -0.39 is 0 Å². The number of thioether (sulfide) groups is 1. The smallest absolute Gasteiger partial charge is 0.241 e. The highest BCUT2D eigenvalue weighted by molar-refractivity contribution is 8.02. The molecule has 0 bridgehead atoms. The zero-order chi connectivity index (χ0) is 10.3. The Balaban J connectivity index is 2.04. The first-order chi connectivity index (χ1) is 6.56. The van der Waals surface area contributed by atoms with Crippen molar-refractivity contribution in [2.75, 3.05) is 12.4 Å². The van der Waals surface area contributed by atoms with Gasteiger partial charge in [-0.15, -0.1) is 0 Å². The molecule has 80 valence electrons.